The van der Waals surface area contributed by atoms with E-state index in [4.69, 9.17) is 21.1 Å². The van der Waals surface area contributed by atoms with Gasteiger partial charge in [0.15, 0.2) is 6.61 Å². The predicted octanol–water partition coefficient (Wildman–Crippen LogP) is 4.27. The first kappa shape index (κ1) is 25.7. The van der Waals surface area contributed by atoms with Crippen molar-refractivity contribution in [3.63, 3.8) is 0 Å². The second-order valence-corrected chi connectivity index (χ2v) is 10.2. The highest BCUT2D eigenvalue weighted by molar-refractivity contribution is 7.92. The number of nitrogens with one attached hydrogen (secondary N) is 1. The quantitative estimate of drug-likeness (QED) is 0.445. The molecule has 3 aromatic rings. The van der Waals surface area contributed by atoms with E-state index in [0.717, 1.165) is 18.8 Å². The molecule has 0 bridgehead atoms. The number of piperazine rings is 1. The number of hydrogen-bond acceptors (Lipinski definition) is 6. The zero-order valence-corrected chi connectivity index (χ0v) is 21.5. The van der Waals surface area contributed by atoms with Gasteiger partial charge in [0.05, 0.1) is 16.5 Å². The highest BCUT2D eigenvalue weighted by atomic mass is 35.5. The maximum atomic E-state index is 12.8. The van der Waals surface area contributed by atoms with Crippen LogP contribution < -0.4 is 19.1 Å². The third-order valence-electron chi connectivity index (χ3n) is 5.74. The summed E-state index contributed by atoms with van der Waals surface area (Å²) >= 11 is 6.28. The molecule has 0 aromatic heterocycles. The number of benzene rings is 3. The highest BCUT2D eigenvalue weighted by Gasteiger charge is 2.22. The molecule has 1 fully saturated rings. The molecular weight excluding hydrogens is 502 g/mol. The molecule has 0 aliphatic carbocycles. The fraction of sp³-hybridized carbons (Fsp3) is 0.269. The summed E-state index contributed by atoms with van der Waals surface area (Å²) in [5, 5.41) is 0.103. The Morgan fingerprint density at radius 1 is 0.944 bits per heavy atom. The SMILES string of the molecule is CCOc1ccc(NS(=O)(=O)c2ccc(OCC(=O)N3CCN(c4ccccc4)CC3)c(Cl)c2)cc1. The number of ether oxygens (including phenoxy) is 2. The number of anilines is 2. The van der Waals surface area contributed by atoms with Crippen LogP contribution in [0, 0.1) is 0 Å². The monoisotopic (exact) mass is 529 g/mol. The van der Waals surface area contributed by atoms with E-state index in [0.29, 0.717) is 31.1 Å². The summed E-state index contributed by atoms with van der Waals surface area (Å²) < 4.78 is 39.0. The number of amides is 1. The van der Waals surface area contributed by atoms with Crippen LogP contribution in [0.3, 0.4) is 0 Å². The molecule has 0 saturated carbocycles. The Morgan fingerprint density at radius 2 is 1.64 bits per heavy atom. The van der Waals surface area contributed by atoms with E-state index in [2.05, 4.69) is 21.8 Å². The molecular formula is C26H28ClN3O5S. The molecule has 1 aliphatic heterocycles. The Hall–Kier alpha value is -3.43. The van der Waals surface area contributed by atoms with Crippen molar-refractivity contribution in [2.45, 2.75) is 11.8 Å². The number of hydrogen-bond donors (Lipinski definition) is 1. The van der Waals surface area contributed by atoms with Crippen LogP contribution >= 0.6 is 11.6 Å². The van der Waals surface area contributed by atoms with Gasteiger partial charge < -0.3 is 19.3 Å². The van der Waals surface area contributed by atoms with E-state index < -0.39 is 10.0 Å². The number of halogens is 1. The number of rotatable bonds is 9. The summed E-state index contributed by atoms with van der Waals surface area (Å²) in [4.78, 5) is 16.6. The van der Waals surface area contributed by atoms with Gasteiger partial charge in [0.1, 0.15) is 11.5 Å². The molecule has 0 atom stereocenters. The van der Waals surface area contributed by atoms with Crippen molar-refractivity contribution in [1.82, 2.24) is 4.90 Å². The highest BCUT2D eigenvalue weighted by Crippen LogP contribution is 2.29. The minimum absolute atomic E-state index is 0.0166. The third-order valence-corrected chi connectivity index (χ3v) is 7.41. The normalized spacial score (nSPS) is 13.8. The van der Waals surface area contributed by atoms with Gasteiger partial charge in [0, 0.05) is 37.6 Å². The largest absolute Gasteiger partial charge is 0.494 e. The number of carbonyl (C=O) groups is 1. The van der Waals surface area contributed by atoms with Crippen LogP contribution in [0.2, 0.25) is 5.02 Å². The number of carbonyl (C=O) groups excluding carboxylic acids is 1. The minimum atomic E-state index is -3.86. The van der Waals surface area contributed by atoms with Crippen molar-refractivity contribution in [3.05, 3.63) is 77.8 Å². The van der Waals surface area contributed by atoms with Crippen LogP contribution in [0.5, 0.6) is 11.5 Å². The zero-order valence-electron chi connectivity index (χ0n) is 19.9. The molecule has 0 unspecified atom stereocenters. The van der Waals surface area contributed by atoms with Crippen molar-refractivity contribution in [3.8, 4) is 11.5 Å². The summed E-state index contributed by atoms with van der Waals surface area (Å²) in [5.74, 6) is 0.748. The Bertz CT molecular complexity index is 1280. The Kier molecular flexibility index (Phi) is 8.22. The van der Waals surface area contributed by atoms with Crippen molar-refractivity contribution in [1.29, 1.82) is 0 Å². The first-order valence-electron chi connectivity index (χ1n) is 11.6. The second kappa shape index (κ2) is 11.5. The van der Waals surface area contributed by atoms with Crippen LogP contribution in [0.15, 0.2) is 77.7 Å². The van der Waals surface area contributed by atoms with Gasteiger partial charge >= 0.3 is 0 Å². The average Bonchev–Trinajstić information content (AvgIpc) is 2.89. The smallest absolute Gasteiger partial charge is 0.261 e. The molecule has 4 rings (SSSR count). The van der Waals surface area contributed by atoms with Crippen molar-refractivity contribution in [2.75, 3.05) is 49.0 Å². The number of sulfonamides is 1. The van der Waals surface area contributed by atoms with E-state index in [1.165, 1.54) is 18.2 Å². The molecule has 190 valence electrons. The lowest BCUT2D eigenvalue weighted by Crippen LogP contribution is -2.50. The first-order chi connectivity index (χ1) is 17.4. The van der Waals surface area contributed by atoms with Crippen LogP contribution in [0.1, 0.15) is 6.92 Å². The average molecular weight is 530 g/mol. The van der Waals surface area contributed by atoms with Crippen molar-refractivity contribution >= 4 is 38.9 Å². The summed E-state index contributed by atoms with van der Waals surface area (Å²) in [7, 11) is -3.86. The van der Waals surface area contributed by atoms with Gasteiger partial charge in [-0.2, -0.15) is 0 Å². The molecule has 8 nitrogen and oxygen atoms in total. The summed E-state index contributed by atoms with van der Waals surface area (Å²) in [5.41, 5.74) is 1.53. The lowest BCUT2D eigenvalue weighted by molar-refractivity contribution is -0.133. The van der Waals surface area contributed by atoms with Gasteiger partial charge in [-0.1, -0.05) is 29.8 Å². The van der Waals surface area contributed by atoms with E-state index in [1.54, 1.807) is 29.2 Å². The Morgan fingerprint density at radius 3 is 2.28 bits per heavy atom. The van der Waals surface area contributed by atoms with Crippen molar-refractivity contribution in [2.24, 2.45) is 0 Å². The Balaban J connectivity index is 1.31. The standard InChI is InChI=1S/C26H28ClN3O5S/c1-2-34-22-10-8-20(9-11-22)28-36(32,33)23-12-13-25(24(27)18-23)35-19-26(31)30-16-14-29(15-17-30)21-6-4-3-5-7-21/h3-13,18,28H,2,14-17,19H2,1H3. The summed E-state index contributed by atoms with van der Waals surface area (Å²) in [6, 6.07) is 20.8. The molecule has 0 radical (unpaired) electrons. The third kappa shape index (κ3) is 6.41. The zero-order chi connectivity index (χ0) is 25.5. The molecule has 1 aliphatic rings. The van der Waals surface area contributed by atoms with Gasteiger partial charge in [-0.15, -0.1) is 0 Å². The van der Waals surface area contributed by atoms with Gasteiger partial charge in [-0.05, 0) is 61.5 Å². The van der Waals surface area contributed by atoms with Crippen LogP contribution in [0.4, 0.5) is 11.4 Å². The minimum Gasteiger partial charge on any atom is -0.494 e. The molecule has 10 heteroatoms. The van der Waals surface area contributed by atoms with Gasteiger partial charge in [-0.3, -0.25) is 9.52 Å². The molecule has 1 heterocycles. The lowest BCUT2D eigenvalue weighted by Gasteiger charge is -2.36. The molecule has 1 saturated heterocycles. The molecule has 1 amide bonds. The van der Waals surface area contributed by atoms with E-state index in [-0.39, 0.29) is 28.2 Å². The van der Waals surface area contributed by atoms with E-state index in [1.807, 2.05) is 25.1 Å². The van der Waals surface area contributed by atoms with Crippen LogP contribution in [-0.2, 0) is 14.8 Å². The fourth-order valence-electron chi connectivity index (χ4n) is 3.85. The molecule has 3 aromatic carbocycles. The van der Waals surface area contributed by atoms with Crippen LogP contribution in [0.25, 0.3) is 0 Å². The maximum absolute atomic E-state index is 12.8. The van der Waals surface area contributed by atoms with Gasteiger partial charge in [0.2, 0.25) is 0 Å². The van der Waals surface area contributed by atoms with Gasteiger partial charge in [0.25, 0.3) is 15.9 Å². The van der Waals surface area contributed by atoms with Crippen LogP contribution in [-0.4, -0.2) is 58.6 Å². The fourth-order valence-corrected chi connectivity index (χ4v) is 5.23. The number of para-hydroxylation sites is 1. The first-order valence-corrected chi connectivity index (χ1v) is 13.5. The molecule has 0 spiro atoms. The lowest BCUT2D eigenvalue weighted by atomic mass is 10.2. The van der Waals surface area contributed by atoms with Crippen molar-refractivity contribution < 1.29 is 22.7 Å². The molecule has 36 heavy (non-hydrogen) atoms. The topological polar surface area (TPSA) is 88.2 Å². The summed E-state index contributed by atoms with van der Waals surface area (Å²) in [6.45, 7) is 4.89. The predicted molar refractivity (Wildman–Crippen MR) is 141 cm³/mol. The Labute approximate surface area is 216 Å². The van der Waals surface area contributed by atoms with E-state index >= 15 is 0 Å². The van der Waals surface area contributed by atoms with Gasteiger partial charge in [-0.25, -0.2) is 8.42 Å². The maximum Gasteiger partial charge on any atom is 0.261 e. The number of nitrogens with zero attached hydrogens (tertiary/aromatic N) is 2. The summed E-state index contributed by atoms with van der Waals surface area (Å²) in [6.07, 6.45) is 0. The second-order valence-electron chi connectivity index (χ2n) is 8.15. The van der Waals surface area contributed by atoms with E-state index in [9.17, 15) is 13.2 Å². The molecule has 1 N–H and O–H groups in total.